The van der Waals surface area contributed by atoms with Crippen LogP contribution in [0.5, 0.6) is 0 Å². The molecule has 74 valence electrons. The largest absolute Gasteiger partial charge is 0.273 e. The molecule has 0 unspecified atom stereocenters. The van der Waals surface area contributed by atoms with Crippen LogP contribution < -0.4 is 0 Å². The number of carbonyl (C=O) groups is 1. The molecule has 0 aliphatic heterocycles. The van der Waals surface area contributed by atoms with Crippen molar-refractivity contribution in [3.63, 3.8) is 0 Å². The molecule has 2 aromatic heterocycles. The Labute approximate surface area is 86.9 Å². The van der Waals surface area contributed by atoms with Crippen molar-refractivity contribution in [2.75, 3.05) is 0 Å². The summed E-state index contributed by atoms with van der Waals surface area (Å²) < 4.78 is 1.41. The van der Waals surface area contributed by atoms with Gasteiger partial charge in [-0.3, -0.25) is 14.3 Å². The van der Waals surface area contributed by atoms with Gasteiger partial charge in [0.2, 0.25) is 0 Å². The van der Waals surface area contributed by atoms with E-state index in [1.807, 2.05) is 12.1 Å². The monoisotopic (exact) mass is 199 g/mol. The van der Waals surface area contributed by atoms with Crippen LogP contribution >= 0.6 is 0 Å². The average Bonchev–Trinajstić information content (AvgIpc) is 2.81. The van der Waals surface area contributed by atoms with Gasteiger partial charge in [0.1, 0.15) is 6.33 Å². The maximum atomic E-state index is 11.5. The third-order valence-corrected chi connectivity index (χ3v) is 1.86. The first-order chi connectivity index (χ1) is 7.36. The topological polar surface area (TPSA) is 47.8 Å². The second kappa shape index (κ2) is 4.32. The Morgan fingerprint density at radius 3 is 2.93 bits per heavy atom. The molecule has 2 aromatic rings. The summed E-state index contributed by atoms with van der Waals surface area (Å²) in [6.45, 7) is 0. The van der Waals surface area contributed by atoms with Crippen LogP contribution in [-0.2, 0) is 0 Å². The predicted molar refractivity (Wildman–Crippen MR) is 56.1 cm³/mol. The van der Waals surface area contributed by atoms with Crippen molar-refractivity contribution in [2.45, 2.75) is 0 Å². The van der Waals surface area contributed by atoms with Crippen LogP contribution in [0.1, 0.15) is 10.4 Å². The Bertz CT molecular complexity index is 460. The first kappa shape index (κ1) is 9.33. The number of carbonyl (C=O) groups excluding carboxylic acids is 1. The van der Waals surface area contributed by atoms with Crippen molar-refractivity contribution in [1.82, 2.24) is 14.5 Å². The van der Waals surface area contributed by atoms with Crippen molar-refractivity contribution in [1.29, 1.82) is 0 Å². The van der Waals surface area contributed by atoms with Crippen molar-refractivity contribution in [2.24, 2.45) is 0 Å². The van der Waals surface area contributed by atoms with Gasteiger partial charge in [-0.05, 0) is 17.7 Å². The van der Waals surface area contributed by atoms with Gasteiger partial charge in [-0.2, -0.15) is 0 Å². The minimum atomic E-state index is -0.128. The van der Waals surface area contributed by atoms with E-state index in [1.165, 1.54) is 17.0 Å². The fraction of sp³-hybridized carbons (Fsp3) is 0. The molecule has 2 heterocycles. The quantitative estimate of drug-likeness (QED) is 0.690. The van der Waals surface area contributed by atoms with Crippen molar-refractivity contribution >= 4 is 12.0 Å². The zero-order chi connectivity index (χ0) is 10.5. The van der Waals surface area contributed by atoms with Gasteiger partial charge in [0, 0.05) is 30.9 Å². The molecule has 0 radical (unpaired) electrons. The molecular formula is C11H9N3O. The van der Waals surface area contributed by atoms with Crippen LogP contribution in [0.3, 0.4) is 0 Å². The first-order valence-corrected chi connectivity index (χ1v) is 4.46. The summed E-state index contributed by atoms with van der Waals surface area (Å²) in [5, 5.41) is 0. The Kier molecular flexibility index (Phi) is 2.69. The molecule has 0 atom stereocenters. The summed E-state index contributed by atoms with van der Waals surface area (Å²) in [5.74, 6) is -0.128. The van der Waals surface area contributed by atoms with Gasteiger partial charge in [0.15, 0.2) is 0 Å². The number of hydrogen-bond acceptors (Lipinski definition) is 3. The zero-order valence-electron chi connectivity index (χ0n) is 7.95. The summed E-state index contributed by atoms with van der Waals surface area (Å²) in [6, 6.07) is 3.70. The standard InChI is InChI=1S/C11H9N3O/c15-11(14-7-6-13-9-14)4-3-10-2-1-5-12-8-10/h1-9H. The van der Waals surface area contributed by atoms with E-state index in [4.69, 9.17) is 0 Å². The molecule has 2 rings (SSSR count). The van der Waals surface area contributed by atoms with Gasteiger partial charge in [-0.15, -0.1) is 0 Å². The second-order valence-electron chi connectivity index (χ2n) is 2.93. The Balaban J connectivity index is 2.10. The maximum absolute atomic E-state index is 11.5. The number of allylic oxidation sites excluding steroid dienone is 1. The lowest BCUT2D eigenvalue weighted by Gasteiger charge is -1.93. The molecule has 0 amide bonds. The van der Waals surface area contributed by atoms with E-state index in [9.17, 15) is 4.79 Å². The molecule has 0 spiro atoms. The zero-order valence-corrected chi connectivity index (χ0v) is 7.95. The molecular weight excluding hydrogens is 190 g/mol. The number of nitrogens with zero attached hydrogens (tertiary/aromatic N) is 3. The fourth-order valence-corrected chi connectivity index (χ4v) is 1.12. The van der Waals surface area contributed by atoms with Gasteiger partial charge in [0.05, 0.1) is 0 Å². The van der Waals surface area contributed by atoms with Gasteiger partial charge in [-0.1, -0.05) is 6.07 Å². The molecule has 4 heteroatoms. The SMILES string of the molecule is O=C(C=Cc1cccnc1)n1ccnc1. The maximum Gasteiger partial charge on any atom is 0.255 e. The first-order valence-electron chi connectivity index (χ1n) is 4.46. The lowest BCUT2D eigenvalue weighted by atomic mass is 10.2. The second-order valence-corrected chi connectivity index (χ2v) is 2.93. The summed E-state index contributed by atoms with van der Waals surface area (Å²) in [6.07, 6.45) is 11.2. The molecule has 0 aliphatic rings. The Morgan fingerprint density at radius 1 is 1.33 bits per heavy atom. The van der Waals surface area contributed by atoms with E-state index in [0.29, 0.717) is 0 Å². The van der Waals surface area contributed by atoms with E-state index < -0.39 is 0 Å². The summed E-state index contributed by atoms with van der Waals surface area (Å²) in [4.78, 5) is 19.2. The van der Waals surface area contributed by atoms with E-state index in [0.717, 1.165) is 5.56 Å². The molecule has 0 saturated carbocycles. The Hall–Kier alpha value is -2.23. The molecule has 0 aromatic carbocycles. The van der Waals surface area contributed by atoms with Crippen LogP contribution in [-0.4, -0.2) is 20.4 Å². The van der Waals surface area contributed by atoms with Crippen LogP contribution in [0.2, 0.25) is 0 Å². The smallest absolute Gasteiger partial charge is 0.255 e. The average molecular weight is 199 g/mol. The van der Waals surface area contributed by atoms with Crippen LogP contribution in [0.15, 0.2) is 49.3 Å². The number of pyridine rings is 1. The lowest BCUT2D eigenvalue weighted by Crippen LogP contribution is -2.03. The highest BCUT2D eigenvalue weighted by molar-refractivity contribution is 5.93. The molecule has 0 aliphatic carbocycles. The predicted octanol–water partition coefficient (Wildman–Crippen LogP) is 1.63. The molecule has 0 fully saturated rings. The third-order valence-electron chi connectivity index (χ3n) is 1.86. The van der Waals surface area contributed by atoms with Crippen molar-refractivity contribution < 1.29 is 4.79 Å². The van der Waals surface area contributed by atoms with Gasteiger partial charge in [-0.25, -0.2) is 4.98 Å². The van der Waals surface area contributed by atoms with Crippen molar-refractivity contribution in [3.05, 3.63) is 54.9 Å². The molecule has 15 heavy (non-hydrogen) atoms. The number of hydrogen-bond donors (Lipinski definition) is 0. The van der Waals surface area contributed by atoms with Gasteiger partial charge >= 0.3 is 0 Å². The highest BCUT2D eigenvalue weighted by atomic mass is 16.1. The normalized spacial score (nSPS) is 10.7. The molecule has 0 bridgehead atoms. The molecule has 0 N–H and O–H groups in total. The summed E-state index contributed by atoms with van der Waals surface area (Å²) in [7, 11) is 0. The number of rotatable bonds is 2. The lowest BCUT2D eigenvalue weighted by molar-refractivity contribution is 0.0969. The number of imidazole rings is 1. The van der Waals surface area contributed by atoms with E-state index in [-0.39, 0.29) is 5.91 Å². The van der Waals surface area contributed by atoms with Gasteiger partial charge < -0.3 is 0 Å². The van der Waals surface area contributed by atoms with Gasteiger partial charge in [0.25, 0.3) is 5.91 Å². The number of aromatic nitrogens is 3. The summed E-state index contributed by atoms with van der Waals surface area (Å²) in [5.41, 5.74) is 0.894. The minimum absolute atomic E-state index is 0.128. The van der Waals surface area contributed by atoms with Crippen LogP contribution in [0.4, 0.5) is 0 Å². The van der Waals surface area contributed by atoms with E-state index in [2.05, 4.69) is 9.97 Å². The fourth-order valence-electron chi connectivity index (χ4n) is 1.12. The third kappa shape index (κ3) is 2.37. The highest BCUT2D eigenvalue weighted by Crippen LogP contribution is 1.99. The molecule has 4 nitrogen and oxygen atoms in total. The molecule has 0 saturated heterocycles. The van der Waals surface area contributed by atoms with Crippen molar-refractivity contribution in [3.8, 4) is 0 Å². The summed E-state index contributed by atoms with van der Waals surface area (Å²) >= 11 is 0. The minimum Gasteiger partial charge on any atom is -0.273 e. The van der Waals surface area contributed by atoms with E-state index in [1.54, 1.807) is 30.9 Å². The Morgan fingerprint density at radius 2 is 2.27 bits per heavy atom. The van der Waals surface area contributed by atoms with Crippen LogP contribution in [0.25, 0.3) is 6.08 Å². The van der Waals surface area contributed by atoms with Crippen LogP contribution in [0, 0.1) is 0 Å². The highest BCUT2D eigenvalue weighted by Gasteiger charge is 1.97. The van der Waals surface area contributed by atoms with E-state index >= 15 is 0 Å².